The van der Waals surface area contributed by atoms with Crippen molar-refractivity contribution in [2.24, 2.45) is 0 Å². The Bertz CT molecular complexity index is 1550. The van der Waals surface area contributed by atoms with Crippen molar-refractivity contribution in [1.82, 2.24) is 24.5 Å². The van der Waals surface area contributed by atoms with Crippen LogP contribution in [0.2, 0.25) is 0 Å². The molecule has 1 amide bonds. The van der Waals surface area contributed by atoms with Crippen LogP contribution in [0.1, 0.15) is 64.5 Å². The number of anilines is 1. The highest BCUT2D eigenvalue weighted by molar-refractivity contribution is 6.06. The number of rotatable bonds is 12. The van der Waals surface area contributed by atoms with Gasteiger partial charge in [0.1, 0.15) is 23.0 Å². The molecule has 2 aromatic carbocycles. The van der Waals surface area contributed by atoms with E-state index in [1.54, 1.807) is 6.08 Å². The molecule has 0 spiro atoms. The maximum absolute atomic E-state index is 13.4. The zero-order valence-corrected chi connectivity index (χ0v) is 28.7. The van der Waals surface area contributed by atoms with Crippen molar-refractivity contribution in [2.45, 2.75) is 65.0 Å². The van der Waals surface area contributed by atoms with Gasteiger partial charge >= 0.3 is 0 Å². The van der Waals surface area contributed by atoms with Crippen molar-refractivity contribution >= 4 is 17.4 Å². The van der Waals surface area contributed by atoms with E-state index in [0.717, 1.165) is 79.6 Å². The molecule has 0 radical (unpaired) electrons. The Labute approximate surface area is 280 Å². The largest absolute Gasteiger partial charge is 0.457 e. The molecular weight excluding hydrogens is 586 g/mol. The van der Waals surface area contributed by atoms with Crippen LogP contribution in [-0.2, 0) is 4.79 Å². The summed E-state index contributed by atoms with van der Waals surface area (Å²) in [5.74, 6) is 2.35. The number of hydrogen-bond acceptors (Lipinski definition) is 7. The third-order valence-corrected chi connectivity index (χ3v) is 9.42. The predicted molar refractivity (Wildman–Crippen MR) is 191 cm³/mol. The van der Waals surface area contributed by atoms with Crippen molar-refractivity contribution in [2.75, 3.05) is 52.1 Å². The molecule has 0 bridgehead atoms. The number of allylic oxidation sites excluding steroid dienone is 1. The molecular formula is C38H51N7O2. The van der Waals surface area contributed by atoms with E-state index in [9.17, 15) is 4.79 Å². The van der Waals surface area contributed by atoms with Crippen LogP contribution >= 0.6 is 0 Å². The molecule has 2 aliphatic rings. The molecule has 2 fully saturated rings. The van der Waals surface area contributed by atoms with Crippen LogP contribution in [0.15, 0.2) is 78.5 Å². The van der Waals surface area contributed by atoms with Gasteiger partial charge in [0.25, 0.3) is 0 Å². The van der Waals surface area contributed by atoms with Crippen LogP contribution in [0.25, 0.3) is 11.3 Å². The predicted octanol–water partition coefficient (Wildman–Crippen LogP) is 7.20. The SMILES string of the molecule is CCC(C)=CNc1c(C(C)=N)c(-c2ccc(Oc3ccccc3)cc2)nn1C1CCCN(C(=O)C=CCN(C)C2CCN(C)CC2)C1. The molecule has 250 valence electrons. The molecule has 9 nitrogen and oxygen atoms in total. The summed E-state index contributed by atoms with van der Waals surface area (Å²) in [5.41, 5.74) is 4.05. The lowest BCUT2D eigenvalue weighted by molar-refractivity contribution is -0.127. The third kappa shape index (κ3) is 8.78. The summed E-state index contributed by atoms with van der Waals surface area (Å²) in [6, 6.07) is 18.1. The number of aromatic nitrogens is 2. The lowest BCUT2D eigenvalue weighted by Crippen LogP contribution is -2.42. The molecule has 2 aliphatic heterocycles. The normalized spacial score (nSPS) is 18.2. The molecule has 0 aliphatic carbocycles. The number of piperidine rings is 2. The molecule has 2 saturated heterocycles. The number of likely N-dealkylation sites (tertiary alicyclic amines) is 2. The Hall–Kier alpha value is -4.21. The van der Waals surface area contributed by atoms with Gasteiger partial charge in [-0.1, -0.05) is 36.8 Å². The van der Waals surface area contributed by atoms with Gasteiger partial charge in [-0.3, -0.25) is 9.69 Å². The maximum atomic E-state index is 13.4. The van der Waals surface area contributed by atoms with Crippen molar-refractivity contribution in [3.63, 3.8) is 0 Å². The molecule has 1 aromatic heterocycles. The molecule has 0 saturated carbocycles. The molecule has 3 aromatic rings. The summed E-state index contributed by atoms with van der Waals surface area (Å²) >= 11 is 0. The highest BCUT2D eigenvalue weighted by Gasteiger charge is 2.30. The fourth-order valence-corrected chi connectivity index (χ4v) is 6.36. The Morgan fingerprint density at radius 1 is 1.04 bits per heavy atom. The quantitative estimate of drug-likeness (QED) is 0.161. The van der Waals surface area contributed by atoms with Gasteiger partial charge < -0.3 is 25.3 Å². The number of hydrogen-bond donors (Lipinski definition) is 2. The average Bonchev–Trinajstić information content (AvgIpc) is 3.48. The maximum Gasteiger partial charge on any atom is 0.246 e. The summed E-state index contributed by atoms with van der Waals surface area (Å²) < 4.78 is 8.04. The molecule has 9 heteroatoms. The topological polar surface area (TPSA) is 89.7 Å². The van der Waals surface area contributed by atoms with E-state index in [0.29, 0.717) is 18.3 Å². The van der Waals surface area contributed by atoms with Gasteiger partial charge in [-0.05, 0) is 110 Å². The fourth-order valence-electron chi connectivity index (χ4n) is 6.36. The van der Waals surface area contributed by atoms with Gasteiger partial charge in [-0.15, -0.1) is 0 Å². The summed E-state index contributed by atoms with van der Waals surface area (Å²) in [6.07, 6.45) is 10.8. The number of nitrogens with zero attached hydrogens (tertiary/aromatic N) is 5. The second-order valence-electron chi connectivity index (χ2n) is 13.0. The highest BCUT2D eigenvalue weighted by atomic mass is 16.5. The van der Waals surface area contributed by atoms with Crippen LogP contribution in [-0.4, -0.2) is 89.0 Å². The zero-order valence-electron chi connectivity index (χ0n) is 28.7. The fraction of sp³-hybridized carbons (Fsp3) is 0.447. The first-order valence-electron chi connectivity index (χ1n) is 17.0. The van der Waals surface area contributed by atoms with Crippen LogP contribution in [0.4, 0.5) is 5.82 Å². The minimum atomic E-state index is -0.0200. The number of nitrogens with one attached hydrogen (secondary N) is 2. The Balaban J connectivity index is 1.36. The highest BCUT2D eigenvalue weighted by Crippen LogP contribution is 2.35. The Kier molecular flexibility index (Phi) is 11.7. The van der Waals surface area contributed by atoms with Crippen molar-refractivity contribution in [3.05, 3.63) is 84.1 Å². The van der Waals surface area contributed by atoms with Crippen molar-refractivity contribution < 1.29 is 9.53 Å². The first kappa shape index (κ1) is 34.1. The van der Waals surface area contributed by atoms with Gasteiger partial charge in [-0.2, -0.15) is 5.10 Å². The van der Waals surface area contributed by atoms with E-state index in [1.807, 2.05) is 83.4 Å². The number of carbonyl (C=O) groups excluding carboxylic acids is 1. The molecule has 3 heterocycles. The van der Waals surface area contributed by atoms with E-state index < -0.39 is 0 Å². The number of ether oxygens (including phenoxy) is 1. The van der Waals surface area contributed by atoms with Gasteiger partial charge in [-0.25, -0.2) is 4.68 Å². The monoisotopic (exact) mass is 637 g/mol. The summed E-state index contributed by atoms with van der Waals surface area (Å²) in [7, 11) is 4.34. The van der Waals surface area contributed by atoms with Crippen LogP contribution in [0.5, 0.6) is 11.5 Å². The van der Waals surface area contributed by atoms with Crippen LogP contribution < -0.4 is 10.1 Å². The molecule has 5 rings (SSSR count). The Morgan fingerprint density at radius 2 is 1.74 bits per heavy atom. The number of likely N-dealkylation sites (N-methyl/N-ethyl adjacent to an activating group) is 1. The van der Waals surface area contributed by atoms with Crippen molar-refractivity contribution in [1.29, 1.82) is 5.41 Å². The van der Waals surface area contributed by atoms with E-state index >= 15 is 0 Å². The summed E-state index contributed by atoms with van der Waals surface area (Å²) in [6.45, 7) is 10.4. The van der Waals surface area contributed by atoms with Crippen LogP contribution in [0.3, 0.4) is 0 Å². The number of amides is 1. The number of carbonyl (C=O) groups is 1. The van der Waals surface area contributed by atoms with E-state index in [-0.39, 0.29) is 11.9 Å². The van der Waals surface area contributed by atoms with Gasteiger partial charge in [0.05, 0.1) is 11.6 Å². The molecule has 1 unspecified atom stereocenters. The third-order valence-electron chi connectivity index (χ3n) is 9.42. The lowest BCUT2D eigenvalue weighted by Gasteiger charge is -2.34. The Morgan fingerprint density at radius 3 is 2.43 bits per heavy atom. The van der Waals surface area contributed by atoms with Gasteiger partial charge in [0, 0.05) is 49.2 Å². The summed E-state index contributed by atoms with van der Waals surface area (Å²) in [5, 5.41) is 17.5. The second-order valence-corrected chi connectivity index (χ2v) is 13.0. The van der Waals surface area contributed by atoms with Crippen molar-refractivity contribution in [3.8, 4) is 22.8 Å². The molecule has 1 atom stereocenters. The number of para-hydroxylation sites is 1. The minimum Gasteiger partial charge on any atom is -0.457 e. The summed E-state index contributed by atoms with van der Waals surface area (Å²) in [4.78, 5) is 20.1. The standard InChI is InChI=1S/C38H51N7O2/c1-6-28(2)26-40-38-36(29(3)39)37(30-16-18-34(19-17-30)47-33-13-8-7-9-14-33)41-45(38)32-12-10-23-44(27-32)35(46)15-11-22-43(5)31-20-24-42(4)25-21-31/h7-9,11,13-19,26,31-32,39-40H,6,10,12,20-25,27H2,1-5H3. The number of benzene rings is 2. The lowest BCUT2D eigenvalue weighted by atomic mass is 10.0. The van der Waals surface area contributed by atoms with Gasteiger partial charge in [0.15, 0.2) is 0 Å². The zero-order chi connectivity index (χ0) is 33.3. The first-order valence-corrected chi connectivity index (χ1v) is 17.0. The first-order chi connectivity index (χ1) is 22.7. The van der Waals surface area contributed by atoms with E-state index in [2.05, 4.69) is 43.1 Å². The second kappa shape index (κ2) is 16.1. The van der Waals surface area contributed by atoms with Gasteiger partial charge in [0.2, 0.25) is 5.91 Å². The van der Waals surface area contributed by atoms with E-state index in [1.165, 1.54) is 18.4 Å². The van der Waals surface area contributed by atoms with E-state index in [4.69, 9.17) is 15.2 Å². The smallest absolute Gasteiger partial charge is 0.246 e. The molecule has 47 heavy (non-hydrogen) atoms. The average molecular weight is 638 g/mol. The van der Waals surface area contributed by atoms with Crippen LogP contribution in [0, 0.1) is 5.41 Å². The minimum absolute atomic E-state index is 0.0200. The molecule has 2 N–H and O–H groups in total.